The quantitative estimate of drug-likeness (QED) is 0.886. The van der Waals surface area contributed by atoms with Gasteiger partial charge < -0.3 is 10.6 Å². The standard InChI is InChI=1S/C14H14F2N4O/c1-2-17-13-6-5-12(19-20-13)14(21)18-8-9-7-10(15)3-4-11(9)16/h3-7H,2,8H2,1H3,(H,17,20)(H,18,21). The van der Waals surface area contributed by atoms with Crippen LogP contribution < -0.4 is 10.6 Å². The highest BCUT2D eigenvalue weighted by atomic mass is 19.1. The Hall–Kier alpha value is -2.57. The van der Waals surface area contributed by atoms with Gasteiger partial charge in [-0.3, -0.25) is 4.79 Å². The van der Waals surface area contributed by atoms with E-state index in [1.54, 1.807) is 6.07 Å². The van der Waals surface area contributed by atoms with Gasteiger partial charge in [0, 0.05) is 18.7 Å². The summed E-state index contributed by atoms with van der Waals surface area (Å²) < 4.78 is 26.4. The first kappa shape index (κ1) is 14.8. The van der Waals surface area contributed by atoms with Gasteiger partial charge in [-0.1, -0.05) is 0 Å². The maximum atomic E-state index is 13.4. The van der Waals surface area contributed by atoms with Gasteiger partial charge in [-0.05, 0) is 37.3 Å². The summed E-state index contributed by atoms with van der Waals surface area (Å²) in [6, 6.07) is 6.19. The molecule has 1 heterocycles. The lowest BCUT2D eigenvalue weighted by Gasteiger charge is -2.06. The zero-order chi connectivity index (χ0) is 15.2. The van der Waals surface area contributed by atoms with Crippen LogP contribution in [0.4, 0.5) is 14.6 Å². The number of nitrogens with one attached hydrogen (secondary N) is 2. The average Bonchev–Trinajstić information content (AvgIpc) is 2.49. The van der Waals surface area contributed by atoms with Crippen LogP contribution in [0.1, 0.15) is 23.0 Å². The summed E-state index contributed by atoms with van der Waals surface area (Å²) in [5, 5.41) is 13.0. The Morgan fingerprint density at radius 3 is 2.67 bits per heavy atom. The van der Waals surface area contributed by atoms with Crippen LogP contribution in [0.25, 0.3) is 0 Å². The third-order valence-electron chi connectivity index (χ3n) is 2.70. The zero-order valence-corrected chi connectivity index (χ0v) is 11.4. The summed E-state index contributed by atoms with van der Waals surface area (Å²) in [5.41, 5.74) is 0.175. The Morgan fingerprint density at radius 1 is 1.19 bits per heavy atom. The molecule has 2 N–H and O–H groups in total. The lowest BCUT2D eigenvalue weighted by Crippen LogP contribution is -2.24. The first-order chi connectivity index (χ1) is 10.1. The molecule has 0 saturated heterocycles. The molecule has 1 aromatic heterocycles. The molecule has 0 spiro atoms. The molecule has 1 aromatic carbocycles. The summed E-state index contributed by atoms with van der Waals surface area (Å²) in [6.07, 6.45) is 0. The van der Waals surface area contributed by atoms with Gasteiger partial charge in [0.05, 0.1) is 0 Å². The van der Waals surface area contributed by atoms with Crippen molar-refractivity contribution >= 4 is 11.7 Å². The van der Waals surface area contributed by atoms with E-state index in [2.05, 4.69) is 20.8 Å². The van der Waals surface area contributed by atoms with Gasteiger partial charge in [-0.2, -0.15) is 0 Å². The topological polar surface area (TPSA) is 66.9 Å². The van der Waals surface area contributed by atoms with E-state index in [0.717, 1.165) is 18.2 Å². The third-order valence-corrected chi connectivity index (χ3v) is 2.70. The van der Waals surface area contributed by atoms with Crippen LogP contribution in [0.5, 0.6) is 0 Å². The van der Waals surface area contributed by atoms with Crippen molar-refractivity contribution in [3.63, 3.8) is 0 Å². The maximum Gasteiger partial charge on any atom is 0.272 e. The van der Waals surface area contributed by atoms with Gasteiger partial charge in [0.2, 0.25) is 0 Å². The second-order valence-corrected chi connectivity index (χ2v) is 4.25. The van der Waals surface area contributed by atoms with Crippen molar-refractivity contribution in [1.29, 1.82) is 0 Å². The molecule has 0 aliphatic rings. The number of carbonyl (C=O) groups is 1. The van der Waals surface area contributed by atoms with Crippen LogP contribution in [0.3, 0.4) is 0 Å². The maximum absolute atomic E-state index is 13.4. The fraction of sp³-hybridized carbons (Fsp3) is 0.214. The van der Waals surface area contributed by atoms with Gasteiger partial charge in [0.25, 0.3) is 5.91 Å². The number of carbonyl (C=O) groups excluding carboxylic acids is 1. The summed E-state index contributed by atoms with van der Waals surface area (Å²) in [4.78, 5) is 11.8. The number of hydrogen-bond acceptors (Lipinski definition) is 4. The normalized spacial score (nSPS) is 10.2. The first-order valence-electron chi connectivity index (χ1n) is 6.40. The summed E-state index contributed by atoms with van der Waals surface area (Å²) in [7, 11) is 0. The van der Waals surface area contributed by atoms with Crippen molar-refractivity contribution in [3.8, 4) is 0 Å². The number of rotatable bonds is 5. The van der Waals surface area contributed by atoms with Crippen LogP contribution >= 0.6 is 0 Å². The fourth-order valence-corrected chi connectivity index (χ4v) is 1.67. The molecule has 7 heteroatoms. The van der Waals surface area contributed by atoms with E-state index < -0.39 is 17.5 Å². The molecule has 0 saturated carbocycles. The van der Waals surface area contributed by atoms with Gasteiger partial charge in [-0.25, -0.2) is 8.78 Å². The van der Waals surface area contributed by atoms with Crippen molar-refractivity contribution in [2.45, 2.75) is 13.5 Å². The minimum Gasteiger partial charge on any atom is -0.369 e. The van der Waals surface area contributed by atoms with Crippen molar-refractivity contribution in [2.24, 2.45) is 0 Å². The number of hydrogen-bond donors (Lipinski definition) is 2. The predicted molar refractivity (Wildman–Crippen MR) is 73.7 cm³/mol. The average molecular weight is 292 g/mol. The molecule has 110 valence electrons. The Kier molecular flexibility index (Phi) is 4.76. The van der Waals surface area contributed by atoms with E-state index in [-0.39, 0.29) is 17.8 Å². The molecule has 0 unspecified atom stereocenters. The first-order valence-corrected chi connectivity index (χ1v) is 6.40. The Morgan fingerprint density at radius 2 is 2.00 bits per heavy atom. The summed E-state index contributed by atoms with van der Waals surface area (Å²) >= 11 is 0. The molecule has 5 nitrogen and oxygen atoms in total. The largest absolute Gasteiger partial charge is 0.369 e. The number of amides is 1. The Bertz CT molecular complexity index is 631. The molecule has 0 bridgehead atoms. The highest BCUT2D eigenvalue weighted by Crippen LogP contribution is 2.09. The summed E-state index contributed by atoms with van der Waals surface area (Å²) in [6.45, 7) is 2.48. The van der Waals surface area contributed by atoms with Gasteiger partial charge in [0.15, 0.2) is 5.69 Å². The van der Waals surface area contributed by atoms with E-state index in [1.807, 2.05) is 6.92 Å². The second-order valence-electron chi connectivity index (χ2n) is 4.25. The van der Waals surface area contributed by atoms with E-state index in [4.69, 9.17) is 0 Å². The molecule has 0 aliphatic carbocycles. The number of benzene rings is 1. The van der Waals surface area contributed by atoms with Gasteiger partial charge in [0.1, 0.15) is 17.5 Å². The molecule has 21 heavy (non-hydrogen) atoms. The molecular formula is C14H14F2N4O. The SMILES string of the molecule is CCNc1ccc(C(=O)NCc2cc(F)ccc2F)nn1. The highest BCUT2D eigenvalue weighted by molar-refractivity contribution is 5.92. The van der Waals surface area contributed by atoms with Crippen molar-refractivity contribution in [2.75, 3.05) is 11.9 Å². The molecule has 2 rings (SSSR count). The van der Waals surface area contributed by atoms with E-state index in [9.17, 15) is 13.6 Å². The zero-order valence-electron chi connectivity index (χ0n) is 11.4. The molecule has 2 aromatic rings. The van der Waals surface area contributed by atoms with Gasteiger partial charge in [-0.15, -0.1) is 10.2 Å². The highest BCUT2D eigenvalue weighted by Gasteiger charge is 2.10. The van der Waals surface area contributed by atoms with Gasteiger partial charge >= 0.3 is 0 Å². The number of anilines is 1. The van der Waals surface area contributed by atoms with Crippen LogP contribution in [-0.4, -0.2) is 22.6 Å². The lowest BCUT2D eigenvalue weighted by atomic mass is 10.2. The molecule has 0 radical (unpaired) electrons. The van der Waals surface area contributed by atoms with E-state index in [1.165, 1.54) is 6.07 Å². The Labute approximate surface area is 120 Å². The molecular weight excluding hydrogens is 278 g/mol. The number of nitrogens with zero attached hydrogens (tertiary/aromatic N) is 2. The predicted octanol–water partition coefficient (Wildman–Crippen LogP) is 2.12. The third kappa shape index (κ3) is 3.95. The Balaban J connectivity index is 1.99. The smallest absolute Gasteiger partial charge is 0.272 e. The van der Waals surface area contributed by atoms with Crippen molar-refractivity contribution < 1.29 is 13.6 Å². The van der Waals surface area contributed by atoms with Crippen LogP contribution in [0.2, 0.25) is 0 Å². The fourth-order valence-electron chi connectivity index (χ4n) is 1.67. The van der Waals surface area contributed by atoms with E-state index in [0.29, 0.717) is 12.4 Å². The van der Waals surface area contributed by atoms with Crippen LogP contribution in [0, 0.1) is 11.6 Å². The van der Waals surface area contributed by atoms with Crippen LogP contribution in [-0.2, 0) is 6.54 Å². The van der Waals surface area contributed by atoms with Crippen molar-refractivity contribution in [3.05, 3.63) is 53.2 Å². The minimum absolute atomic E-state index is 0.0700. The lowest BCUT2D eigenvalue weighted by molar-refractivity contribution is 0.0944. The molecule has 0 aliphatic heterocycles. The number of halogens is 2. The van der Waals surface area contributed by atoms with E-state index >= 15 is 0 Å². The monoisotopic (exact) mass is 292 g/mol. The van der Waals surface area contributed by atoms with Crippen molar-refractivity contribution in [1.82, 2.24) is 15.5 Å². The van der Waals surface area contributed by atoms with Crippen LogP contribution in [0.15, 0.2) is 30.3 Å². The molecule has 0 atom stereocenters. The molecule has 0 fully saturated rings. The second kappa shape index (κ2) is 6.74. The summed E-state index contributed by atoms with van der Waals surface area (Å²) in [5.74, 6) is -1.08. The minimum atomic E-state index is -0.578. The molecule has 1 amide bonds. The number of aromatic nitrogens is 2.